The Morgan fingerprint density at radius 1 is 1.25 bits per heavy atom. The second-order valence-electron chi connectivity index (χ2n) is 4.77. The molecule has 1 aliphatic rings. The molecule has 4 heteroatoms. The van der Waals surface area contributed by atoms with E-state index < -0.39 is 0 Å². The zero-order valence-corrected chi connectivity index (χ0v) is 13.3. The van der Waals surface area contributed by atoms with E-state index in [-0.39, 0.29) is 0 Å². The average Bonchev–Trinajstić information content (AvgIpc) is 3.08. The largest absolute Gasteiger partial charge is 0.389 e. The van der Waals surface area contributed by atoms with Crippen molar-refractivity contribution in [3.63, 3.8) is 0 Å². The lowest BCUT2D eigenvalue weighted by molar-refractivity contribution is 0.317. The third kappa shape index (κ3) is 3.02. The van der Waals surface area contributed by atoms with Gasteiger partial charge >= 0.3 is 0 Å². The Balaban J connectivity index is 0.000000704. The molecule has 2 N–H and O–H groups in total. The Morgan fingerprint density at radius 2 is 1.95 bits per heavy atom. The van der Waals surface area contributed by atoms with Crippen molar-refractivity contribution in [1.82, 2.24) is 9.88 Å². The second kappa shape index (κ2) is 6.86. The molecule has 0 saturated carbocycles. The quantitative estimate of drug-likeness (QED) is 0.901. The monoisotopic (exact) mass is 289 g/mol. The van der Waals surface area contributed by atoms with E-state index in [4.69, 9.17) is 10.7 Å². The number of thiazole rings is 1. The summed E-state index contributed by atoms with van der Waals surface area (Å²) >= 11 is 1.64. The van der Waals surface area contributed by atoms with Crippen LogP contribution in [0.2, 0.25) is 0 Å². The van der Waals surface area contributed by atoms with Crippen molar-refractivity contribution in [2.75, 3.05) is 19.3 Å². The molecule has 20 heavy (non-hydrogen) atoms. The standard InChI is InChI=1S/C14H17N3S.C2H6/c1-17-9-5-8-11(17)14-16-12(13(15)18-14)10-6-3-2-4-7-10;1-2/h2-4,6-7,11H,5,8-9,15H2,1H3;1-2H3. The normalized spacial score (nSPS) is 18.6. The summed E-state index contributed by atoms with van der Waals surface area (Å²) in [6.45, 7) is 5.16. The number of nitrogens with zero attached hydrogens (tertiary/aromatic N) is 2. The van der Waals surface area contributed by atoms with Crippen LogP contribution in [0.4, 0.5) is 5.00 Å². The number of benzene rings is 1. The van der Waals surface area contributed by atoms with Crippen LogP contribution in [0, 0.1) is 0 Å². The van der Waals surface area contributed by atoms with Crippen LogP contribution in [0.3, 0.4) is 0 Å². The zero-order chi connectivity index (χ0) is 14.5. The molecule has 108 valence electrons. The van der Waals surface area contributed by atoms with Crippen LogP contribution in [0.15, 0.2) is 30.3 Å². The van der Waals surface area contributed by atoms with Crippen molar-refractivity contribution in [2.24, 2.45) is 0 Å². The van der Waals surface area contributed by atoms with Gasteiger partial charge in [0.25, 0.3) is 0 Å². The number of hydrogen-bond acceptors (Lipinski definition) is 4. The number of anilines is 1. The molecular formula is C16H23N3S. The van der Waals surface area contributed by atoms with Crippen molar-refractivity contribution >= 4 is 16.3 Å². The first-order valence-electron chi connectivity index (χ1n) is 7.27. The zero-order valence-electron chi connectivity index (χ0n) is 12.5. The lowest BCUT2D eigenvalue weighted by Gasteiger charge is -2.16. The van der Waals surface area contributed by atoms with Gasteiger partial charge in [-0.25, -0.2) is 4.98 Å². The Kier molecular flexibility index (Phi) is 5.15. The average molecular weight is 289 g/mol. The first-order valence-corrected chi connectivity index (χ1v) is 8.09. The van der Waals surface area contributed by atoms with Crippen LogP contribution in [0.1, 0.15) is 37.7 Å². The molecule has 0 aliphatic carbocycles. The van der Waals surface area contributed by atoms with E-state index in [9.17, 15) is 0 Å². The fourth-order valence-electron chi connectivity index (χ4n) is 2.52. The summed E-state index contributed by atoms with van der Waals surface area (Å²) in [6, 6.07) is 10.6. The Morgan fingerprint density at radius 3 is 2.55 bits per heavy atom. The van der Waals surface area contributed by atoms with E-state index in [0.717, 1.165) is 27.8 Å². The lowest BCUT2D eigenvalue weighted by Crippen LogP contribution is -2.17. The molecule has 3 rings (SSSR count). The predicted molar refractivity (Wildman–Crippen MR) is 87.9 cm³/mol. The molecule has 3 nitrogen and oxygen atoms in total. The number of aromatic nitrogens is 1. The Bertz CT molecular complexity index is 536. The number of nitrogens with two attached hydrogens (primary N) is 1. The molecule has 2 aromatic rings. The number of likely N-dealkylation sites (tertiary alicyclic amines) is 1. The lowest BCUT2D eigenvalue weighted by atomic mass is 10.1. The van der Waals surface area contributed by atoms with Crippen molar-refractivity contribution in [1.29, 1.82) is 0 Å². The van der Waals surface area contributed by atoms with Crippen LogP contribution in [-0.2, 0) is 0 Å². The summed E-state index contributed by atoms with van der Waals surface area (Å²) in [6.07, 6.45) is 2.44. The van der Waals surface area contributed by atoms with Crippen LogP contribution in [-0.4, -0.2) is 23.5 Å². The molecule has 1 fully saturated rings. The summed E-state index contributed by atoms with van der Waals surface area (Å²) < 4.78 is 0. The van der Waals surface area contributed by atoms with Crippen molar-refractivity contribution in [2.45, 2.75) is 32.7 Å². The molecule has 1 saturated heterocycles. The minimum absolute atomic E-state index is 0.453. The van der Waals surface area contributed by atoms with Gasteiger partial charge in [-0.05, 0) is 26.4 Å². The third-order valence-corrected chi connectivity index (χ3v) is 4.51. The fraction of sp³-hybridized carbons (Fsp3) is 0.438. The van der Waals surface area contributed by atoms with Crippen molar-refractivity contribution < 1.29 is 0 Å². The van der Waals surface area contributed by atoms with Gasteiger partial charge in [0, 0.05) is 5.56 Å². The summed E-state index contributed by atoms with van der Waals surface area (Å²) in [5.41, 5.74) is 8.17. The van der Waals surface area contributed by atoms with Crippen molar-refractivity contribution in [3.05, 3.63) is 35.3 Å². The first-order chi connectivity index (χ1) is 9.75. The highest BCUT2D eigenvalue weighted by Gasteiger charge is 2.26. The first kappa shape index (κ1) is 15.0. The maximum atomic E-state index is 6.12. The predicted octanol–water partition coefficient (Wildman–Crippen LogP) is 4.19. The number of nitrogen functional groups attached to an aromatic ring is 1. The maximum absolute atomic E-state index is 6.12. The maximum Gasteiger partial charge on any atom is 0.114 e. The van der Waals surface area contributed by atoms with Gasteiger partial charge < -0.3 is 5.73 Å². The molecule has 0 spiro atoms. The molecular weight excluding hydrogens is 266 g/mol. The molecule has 1 aliphatic heterocycles. The van der Waals surface area contributed by atoms with Gasteiger partial charge in [0.2, 0.25) is 0 Å². The van der Waals surface area contributed by atoms with Crippen molar-refractivity contribution in [3.8, 4) is 11.3 Å². The third-order valence-electron chi connectivity index (χ3n) is 3.52. The van der Waals surface area contributed by atoms with Gasteiger partial charge in [-0.3, -0.25) is 4.90 Å². The van der Waals surface area contributed by atoms with Gasteiger partial charge in [-0.15, -0.1) is 0 Å². The Hall–Kier alpha value is -1.39. The smallest absolute Gasteiger partial charge is 0.114 e. The van der Waals surface area contributed by atoms with E-state index in [1.807, 2.05) is 32.0 Å². The molecule has 0 amide bonds. The summed E-state index contributed by atoms with van der Waals surface area (Å²) in [4.78, 5) is 7.13. The molecule has 2 heterocycles. The molecule has 1 aromatic carbocycles. The van der Waals surface area contributed by atoms with E-state index in [2.05, 4.69) is 24.1 Å². The highest BCUT2D eigenvalue weighted by atomic mass is 32.1. The van der Waals surface area contributed by atoms with E-state index in [1.165, 1.54) is 12.8 Å². The van der Waals surface area contributed by atoms with Gasteiger partial charge in [0.15, 0.2) is 0 Å². The van der Waals surface area contributed by atoms with Crippen LogP contribution >= 0.6 is 11.3 Å². The fourth-order valence-corrected chi connectivity index (χ4v) is 3.57. The van der Waals surface area contributed by atoms with Gasteiger partial charge in [-0.1, -0.05) is 55.5 Å². The molecule has 0 radical (unpaired) electrons. The van der Waals surface area contributed by atoms with E-state index >= 15 is 0 Å². The van der Waals surface area contributed by atoms with Crippen LogP contribution < -0.4 is 5.73 Å². The summed E-state index contributed by atoms with van der Waals surface area (Å²) in [7, 11) is 2.16. The second-order valence-corrected chi connectivity index (χ2v) is 5.83. The van der Waals surface area contributed by atoms with E-state index in [1.54, 1.807) is 11.3 Å². The highest BCUT2D eigenvalue weighted by Crippen LogP contribution is 2.38. The SMILES string of the molecule is CC.CN1CCCC1c1nc(-c2ccccc2)c(N)s1. The van der Waals surface area contributed by atoms with Gasteiger partial charge in [0.05, 0.1) is 6.04 Å². The number of hydrogen-bond donors (Lipinski definition) is 1. The molecule has 0 bridgehead atoms. The molecule has 1 aromatic heterocycles. The van der Waals surface area contributed by atoms with Crippen LogP contribution in [0.5, 0.6) is 0 Å². The minimum Gasteiger partial charge on any atom is -0.389 e. The summed E-state index contributed by atoms with van der Waals surface area (Å²) in [5, 5.41) is 1.99. The van der Waals surface area contributed by atoms with Gasteiger partial charge in [0.1, 0.15) is 15.7 Å². The highest BCUT2D eigenvalue weighted by molar-refractivity contribution is 7.16. The Labute approximate surface area is 125 Å². The topological polar surface area (TPSA) is 42.2 Å². The summed E-state index contributed by atoms with van der Waals surface area (Å²) in [5.74, 6) is 0. The molecule has 1 unspecified atom stereocenters. The molecule has 1 atom stereocenters. The minimum atomic E-state index is 0.453. The van der Waals surface area contributed by atoms with E-state index in [0.29, 0.717) is 6.04 Å². The van der Waals surface area contributed by atoms with Crippen LogP contribution in [0.25, 0.3) is 11.3 Å². The number of rotatable bonds is 2. The van der Waals surface area contributed by atoms with Gasteiger partial charge in [-0.2, -0.15) is 0 Å².